The van der Waals surface area contributed by atoms with Crippen LogP contribution in [0.25, 0.3) is 0 Å². The number of hydrogen-bond acceptors (Lipinski definition) is 5. The van der Waals surface area contributed by atoms with Gasteiger partial charge >= 0.3 is 6.18 Å². The molecular formula is C23H26ClF3N4O4. The monoisotopic (exact) mass is 514 g/mol. The van der Waals surface area contributed by atoms with E-state index >= 15 is 0 Å². The topological polar surface area (TPSA) is 131 Å². The van der Waals surface area contributed by atoms with Gasteiger partial charge in [0.15, 0.2) is 5.60 Å². The summed E-state index contributed by atoms with van der Waals surface area (Å²) in [6, 6.07) is 4.02. The second kappa shape index (κ2) is 10.8. The Labute approximate surface area is 205 Å². The van der Waals surface area contributed by atoms with Crippen LogP contribution in [0, 0.1) is 23.2 Å². The van der Waals surface area contributed by atoms with Crippen LogP contribution in [-0.4, -0.2) is 47.6 Å². The van der Waals surface area contributed by atoms with Crippen LogP contribution < -0.4 is 16.0 Å². The van der Waals surface area contributed by atoms with E-state index in [1.54, 1.807) is 0 Å². The number of carbonyl (C=O) groups excluding carboxylic acids is 3. The second-order valence-electron chi connectivity index (χ2n) is 9.04. The minimum Gasteiger partial charge on any atom is -0.376 e. The van der Waals surface area contributed by atoms with Crippen LogP contribution in [0.5, 0.6) is 0 Å². The van der Waals surface area contributed by atoms with Crippen LogP contribution in [0.3, 0.4) is 0 Å². The number of nitrogens with zero attached hydrogens (tertiary/aromatic N) is 1. The summed E-state index contributed by atoms with van der Waals surface area (Å²) in [7, 11) is 0. The van der Waals surface area contributed by atoms with Gasteiger partial charge in [-0.05, 0) is 42.9 Å². The summed E-state index contributed by atoms with van der Waals surface area (Å²) in [4.78, 5) is 37.3. The molecule has 4 atom stereocenters. The maximum atomic E-state index is 13.8. The summed E-state index contributed by atoms with van der Waals surface area (Å²) in [5.74, 6) is -2.43. The predicted octanol–water partition coefficient (Wildman–Crippen LogP) is 2.30. The number of nitrogens with one attached hydrogen (secondary N) is 3. The molecule has 8 nitrogen and oxygen atoms in total. The molecule has 2 aliphatic rings. The number of carbonyl (C=O) groups is 3. The van der Waals surface area contributed by atoms with Crippen molar-refractivity contribution in [3.8, 4) is 6.07 Å². The standard InChI is InChI=1S/C23H26ClF3N4O4/c24-16-5-3-15(4-6-16)22(35,23(25,26)27)11-19(32)31-18(9-13-1-2-13)21(34)30-17(12-28)10-14-7-8-29-20(14)33/h3-6,13-14,17-18,35H,1-2,7-11H2,(H,29,33)(H,30,34)(H,31,32)/t14?,17?,18-,22?/m0/s1. The summed E-state index contributed by atoms with van der Waals surface area (Å²) in [6.45, 7) is 0.478. The van der Waals surface area contributed by atoms with Crippen molar-refractivity contribution in [1.29, 1.82) is 5.26 Å². The average Bonchev–Trinajstić information content (AvgIpc) is 3.52. The molecule has 2 fully saturated rings. The first-order valence-electron chi connectivity index (χ1n) is 11.2. The minimum atomic E-state index is -5.18. The lowest BCUT2D eigenvalue weighted by molar-refractivity contribution is -0.267. The Bertz CT molecular complexity index is 994. The smallest absolute Gasteiger partial charge is 0.376 e. The zero-order chi connectivity index (χ0) is 25.8. The van der Waals surface area contributed by atoms with Gasteiger partial charge in [-0.3, -0.25) is 14.4 Å². The molecule has 0 spiro atoms. The number of hydrogen-bond donors (Lipinski definition) is 4. The summed E-state index contributed by atoms with van der Waals surface area (Å²) in [6.07, 6.45) is -4.14. The lowest BCUT2D eigenvalue weighted by Crippen LogP contribution is -2.52. The number of aliphatic hydroxyl groups is 1. The lowest BCUT2D eigenvalue weighted by atomic mass is 9.89. The quantitative estimate of drug-likeness (QED) is 0.380. The van der Waals surface area contributed by atoms with E-state index in [0.717, 1.165) is 25.0 Å². The molecule has 1 aromatic carbocycles. The number of rotatable bonds is 10. The fraction of sp³-hybridized carbons (Fsp3) is 0.565. The third kappa shape index (κ3) is 6.86. The molecule has 1 heterocycles. The molecule has 3 rings (SSSR count). The first kappa shape index (κ1) is 26.8. The summed E-state index contributed by atoms with van der Waals surface area (Å²) < 4.78 is 41.4. The molecular weight excluding hydrogens is 489 g/mol. The van der Waals surface area contributed by atoms with Gasteiger partial charge in [-0.15, -0.1) is 0 Å². The molecule has 3 unspecified atom stereocenters. The van der Waals surface area contributed by atoms with Crippen LogP contribution in [0.4, 0.5) is 13.2 Å². The van der Waals surface area contributed by atoms with Gasteiger partial charge in [-0.25, -0.2) is 0 Å². The van der Waals surface area contributed by atoms with Gasteiger partial charge < -0.3 is 21.1 Å². The van der Waals surface area contributed by atoms with Crippen LogP contribution in [0.1, 0.15) is 44.1 Å². The van der Waals surface area contributed by atoms with Gasteiger partial charge in [-0.1, -0.05) is 36.6 Å². The zero-order valence-electron chi connectivity index (χ0n) is 18.7. The van der Waals surface area contributed by atoms with Gasteiger partial charge in [0.05, 0.1) is 12.5 Å². The first-order chi connectivity index (χ1) is 16.4. The first-order valence-corrected chi connectivity index (χ1v) is 11.6. The average molecular weight is 515 g/mol. The summed E-state index contributed by atoms with van der Waals surface area (Å²) >= 11 is 5.72. The maximum absolute atomic E-state index is 13.8. The Morgan fingerprint density at radius 3 is 2.34 bits per heavy atom. The highest BCUT2D eigenvalue weighted by molar-refractivity contribution is 6.30. The lowest BCUT2D eigenvalue weighted by Gasteiger charge is -2.31. The van der Waals surface area contributed by atoms with Crippen molar-refractivity contribution in [2.45, 2.75) is 62.4 Å². The molecule has 3 amide bonds. The van der Waals surface area contributed by atoms with E-state index in [1.807, 2.05) is 6.07 Å². The highest BCUT2D eigenvalue weighted by Gasteiger charge is 2.56. The predicted molar refractivity (Wildman–Crippen MR) is 119 cm³/mol. The Morgan fingerprint density at radius 2 is 1.83 bits per heavy atom. The molecule has 0 bridgehead atoms. The second-order valence-corrected chi connectivity index (χ2v) is 9.48. The van der Waals surface area contributed by atoms with Crippen molar-refractivity contribution in [3.63, 3.8) is 0 Å². The van der Waals surface area contributed by atoms with Gasteiger partial charge in [-0.2, -0.15) is 18.4 Å². The van der Waals surface area contributed by atoms with Gasteiger partial charge in [0, 0.05) is 17.5 Å². The summed E-state index contributed by atoms with van der Waals surface area (Å²) in [5, 5.41) is 27.5. The van der Waals surface area contributed by atoms with Gasteiger partial charge in [0.2, 0.25) is 17.7 Å². The molecule has 1 saturated carbocycles. The molecule has 0 radical (unpaired) electrons. The molecule has 1 saturated heterocycles. The SMILES string of the molecule is N#CC(CC1CCNC1=O)NC(=O)[C@H](CC1CC1)NC(=O)CC(O)(c1ccc(Cl)cc1)C(F)(F)F. The zero-order valence-corrected chi connectivity index (χ0v) is 19.5. The van der Waals surface area contributed by atoms with E-state index in [2.05, 4.69) is 16.0 Å². The van der Waals surface area contributed by atoms with E-state index in [0.29, 0.717) is 13.0 Å². The Hall–Kier alpha value is -2.84. The van der Waals surface area contributed by atoms with E-state index in [-0.39, 0.29) is 29.7 Å². The van der Waals surface area contributed by atoms with E-state index in [9.17, 15) is 37.9 Å². The third-order valence-corrected chi connectivity index (χ3v) is 6.53. The molecule has 35 heavy (non-hydrogen) atoms. The highest BCUT2D eigenvalue weighted by atomic mass is 35.5. The normalized spacial score (nSPS) is 21.3. The number of amides is 3. The number of halogens is 4. The fourth-order valence-electron chi connectivity index (χ4n) is 4.06. The Kier molecular flexibility index (Phi) is 8.28. The molecule has 1 aliphatic carbocycles. The summed E-state index contributed by atoms with van der Waals surface area (Å²) in [5.41, 5.74) is -4.06. The van der Waals surface area contributed by atoms with Crippen molar-refractivity contribution in [3.05, 3.63) is 34.9 Å². The van der Waals surface area contributed by atoms with Crippen LogP contribution in [-0.2, 0) is 20.0 Å². The molecule has 1 aromatic rings. The molecule has 4 N–H and O–H groups in total. The van der Waals surface area contributed by atoms with Crippen molar-refractivity contribution >= 4 is 29.3 Å². The van der Waals surface area contributed by atoms with E-state index in [1.165, 1.54) is 12.1 Å². The molecule has 0 aromatic heterocycles. The minimum absolute atomic E-state index is 0.0859. The maximum Gasteiger partial charge on any atom is 0.421 e. The molecule has 190 valence electrons. The number of alkyl halides is 3. The van der Waals surface area contributed by atoms with E-state index < -0.39 is 53.6 Å². The van der Waals surface area contributed by atoms with Crippen LogP contribution in [0.2, 0.25) is 5.02 Å². The molecule has 1 aliphatic heterocycles. The Morgan fingerprint density at radius 1 is 1.17 bits per heavy atom. The number of nitriles is 1. The highest BCUT2D eigenvalue weighted by Crippen LogP contribution is 2.42. The van der Waals surface area contributed by atoms with Crippen molar-refractivity contribution in [2.24, 2.45) is 11.8 Å². The van der Waals surface area contributed by atoms with Gasteiger partial charge in [0.1, 0.15) is 12.1 Å². The van der Waals surface area contributed by atoms with Gasteiger partial charge in [0.25, 0.3) is 0 Å². The van der Waals surface area contributed by atoms with Crippen molar-refractivity contribution < 1.29 is 32.7 Å². The van der Waals surface area contributed by atoms with E-state index in [4.69, 9.17) is 11.6 Å². The van der Waals surface area contributed by atoms with Crippen molar-refractivity contribution in [2.75, 3.05) is 6.54 Å². The molecule has 12 heteroatoms. The number of benzene rings is 1. The van der Waals surface area contributed by atoms with Crippen LogP contribution >= 0.6 is 11.6 Å². The van der Waals surface area contributed by atoms with Crippen molar-refractivity contribution in [1.82, 2.24) is 16.0 Å². The largest absolute Gasteiger partial charge is 0.421 e. The third-order valence-electron chi connectivity index (χ3n) is 6.28. The Balaban J connectivity index is 1.70. The van der Waals surface area contributed by atoms with Crippen LogP contribution in [0.15, 0.2) is 24.3 Å². The fourth-order valence-corrected chi connectivity index (χ4v) is 4.18.